The second-order valence-electron chi connectivity index (χ2n) is 5.59. The zero-order valence-electron chi connectivity index (χ0n) is 13.0. The number of ether oxygens (including phenoxy) is 3. The van der Waals surface area contributed by atoms with Crippen LogP contribution in [0.3, 0.4) is 0 Å². The van der Waals surface area contributed by atoms with E-state index in [-0.39, 0.29) is 18.8 Å². The lowest BCUT2D eigenvalue weighted by atomic mass is 9.81. The van der Waals surface area contributed by atoms with E-state index in [0.29, 0.717) is 36.1 Å². The van der Waals surface area contributed by atoms with E-state index in [0.717, 1.165) is 5.39 Å². The van der Waals surface area contributed by atoms with Crippen molar-refractivity contribution in [3.8, 4) is 11.5 Å². The molecule has 0 radical (unpaired) electrons. The fraction of sp³-hybridized carbons (Fsp3) is 0.500. The fourth-order valence-corrected chi connectivity index (χ4v) is 2.60. The van der Waals surface area contributed by atoms with Gasteiger partial charge in [-0.25, -0.2) is 18.7 Å². The molecule has 0 N–H and O–H groups in total. The number of benzene rings is 1. The van der Waals surface area contributed by atoms with Gasteiger partial charge in [0.05, 0.1) is 19.2 Å². The van der Waals surface area contributed by atoms with Crippen LogP contribution in [-0.2, 0) is 4.74 Å². The van der Waals surface area contributed by atoms with E-state index in [2.05, 4.69) is 9.97 Å². The van der Waals surface area contributed by atoms with Gasteiger partial charge in [0.25, 0.3) is 0 Å². The van der Waals surface area contributed by atoms with Gasteiger partial charge in [-0.2, -0.15) is 0 Å². The number of hydrogen-bond acceptors (Lipinski definition) is 5. The van der Waals surface area contributed by atoms with Crippen molar-refractivity contribution in [2.75, 3.05) is 27.4 Å². The van der Waals surface area contributed by atoms with Crippen LogP contribution in [-0.4, -0.2) is 43.3 Å². The van der Waals surface area contributed by atoms with Crippen LogP contribution in [0.1, 0.15) is 24.6 Å². The Morgan fingerprint density at radius 2 is 1.96 bits per heavy atom. The summed E-state index contributed by atoms with van der Waals surface area (Å²) in [4.78, 5) is 8.63. The normalized spacial score (nSPS) is 17.0. The van der Waals surface area contributed by atoms with Crippen LogP contribution in [0.25, 0.3) is 10.9 Å². The molecule has 0 amide bonds. The monoisotopic (exact) mass is 324 g/mol. The molecule has 1 aromatic carbocycles. The van der Waals surface area contributed by atoms with Gasteiger partial charge in [-0.3, -0.25) is 0 Å². The molecule has 1 aliphatic rings. The van der Waals surface area contributed by atoms with E-state index in [1.807, 2.05) is 0 Å². The molecule has 0 atom stereocenters. The number of nitrogens with zero attached hydrogens (tertiary/aromatic N) is 2. The van der Waals surface area contributed by atoms with Crippen LogP contribution in [0, 0.1) is 0 Å². The molecule has 5 nitrogen and oxygen atoms in total. The van der Waals surface area contributed by atoms with Crippen molar-refractivity contribution in [3.05, 3.63) is 24.2 Å². The van der Waals surface area contributed by atoms with E-state index in [1.165, 1.54) is 0 Å². The van der Waals surface area contributed by atoms with Gasteiger partial charge in [-0.1, -0.05) is 0 Å². The van der Waals surface area contributed by atoms with E-state index in [4.69, 9.17) is 14.2 Å². The number of fused-ring (bicyclic) bond motifs is 1. The lowest BCUT2D eigenvalue weighted by Crippen LogP contribution is -2.34. The van der Waals surface area contributed by atoms with Gasteiger partial charge in [0, 0.05) is 43.5 Å². The molecule has 0 bridgehead atoms. The van der Waals surface area contributed by atoms with Crippen molar-refractivity contribution >= 4 is 10.9 Å². The molecule has 0 spiro atoms. The summed E-state index contributed by atoms with van der Waals surface area (Å²) in [7, 11) is 3.14. The minimum Gasteiger partial charge on any atom is -0.493 e. The largest absolute Gasteiger partial charge is 0.493 e. The van der Waals surface area contributed by atoms with Crippen molar-refractivity contribution < 1.29 is 23.0 Å². The summed E-state index contributed by atoms with van der Waals surface area (Å²) in [5, 5.41) is 0.771. The molecule has 1 aliphatic carbocycles. The van der Waals surface area contributed by atoms with Crippen LogP contribution in [0.4, 0.5) is 8.78 Å². The number of methoxy groups -OCH3 is 2. The third-order valence-electron chi connectivity index (χ3n) is 3.88. The third-order valence-corrected chi connectivity index (χ3v) is 3.88. The number of rotatable bonds is 6. The van der Waals surface area contributed by atoms with Gasteiger partial charge >= 0.3 is 0 Å². The molecule has 0 saturated heterocycles. The Balaban J connectivity index is 1.86. The third kappa shape index (κ3) is 3.34. The van der Waals surface area contributed by atoms with E-state index in [9.17, 15) is 8.78 Å². The summed E-state index contributed by atoms with van der Waals surface area (Å²) in [5.41, 5.74) is 0.654. The average Bonchev–Trinajstić information content (AvgIpc) is 2.51. The number of aromatic nitrogens is 2. The highest BCUT2D eigenvalue weighted by Crippen LogP contribution is 2.47. The fourth-order valence-electron chi connectivity index (χ4n) is 2.60. The summed E-state index contributed by atoms with van der Waals surface area (Å²) < 4.78 is 41.9. The minimum absolute atomic E-state index is 0.187. The topological polar surface area (TPSA) is 53.5 Å². The molecule has 1 saturated carbocycles. The standard InChI is InChI=1S/C16H18F2N2O3/c1-21-3-4-23-14-5-10-9-19-15(11-7-16(17,18)8-11)20-12(10)6-13(14)22-2/h5-6,9,11H,3-4,7-8H2,1-2H3. The van der Waals surface area contributed by atoms with Crippen molar-refractivity contribution in [3.63, 3.8) is 0 Å². The van der Waals surface area contributed by atoms with Gasteiger partial charge in [-0.15, -0.1) is 0 Å². The molecule has 1 aromatic heterocycles. The Hall–Kier alpha value is -2.02. The average molecular weight is 324 g/mol. The molecule has 0 unspecified atom stereocenters. The predicted octanol–water partition coefficient (Wildman–Crippen LogP) is 3.18. The minimum atomic E-state index is -2.58. The first kappa shape index (κ1) is 15.9. The molecular weight excluding hydrogens is 306 g/mol. The Bertz CT molecular complexity index is 701. The summed E-state index contributed by atoms with van der Waals surface area (Å²) in [5.74, 6) is -1.29. The van der Waals surface area contributed by atoms with Gasteiger partial charge in [-0.05, 0) is 6.07 Å². The van der Waals surface area contributed by atoms with Gasteiger partial charge < -0.3 is 14.2 Å². The van der Waals surface area contributed by atoms with Crippen LogP contribution in [0.5, 0.6) is 11.5 Å². The van der Waals surface area contributed by atoms with Gasteiger partial charge in [0.15, 0.2) is 11.5 Å². The molecule has 0 aliphatic heterocycles. The van der Waals surface area contributed by atoms with Crippen LogP contribution < -0.4 is 9.47 Å². The second kappa shape index (κ2) is 6.23. The lowest BCUT2D eigenvalue weighted by Gasteiger charge is -2.33. The number of hydrogen-bond donors (Lipinski definition) is 0. The summed E-state index contributed by atoms with van der Waals surface area (Å²) in [6, 6.07) is 3.52. The molecule has 3 rings (SSSR count). The summed E-state index contributed by atoms with van der Waals surface area (Å²) in [6.45, 7) is 0.862. The molecule has 124 valence electrons. The molecule has 7 heteroatoms. The predicted molar refractivity (Wildman–Crippen MR) is 80.4 cm³/mol. The number of alkyl halides is 2. The second-order valence-corrected chi connectivity index (χ2v) is 5.59. The van der Waals surface area contributed by atoms with Gasteiger partial charge in [0.1, 0.15) is 12.4 Å². The highest BCUT2D eigenvalue weighted by atomic mass is 19.3. The van der Waals surface area contributed by atoms with Crippen molar-refractivity contribution in [1.29, 1.82) is 0 Å². The smallest absolute Gasteiger partial charge is 0.249 e. The first-order chi connectivity index (χ1) is 11.0. The zero-order valence-corrected chi connectivity index (χ0v) is 13.0. The number of halogens is 2. The molecule has 1 heterocycles. The van der Waals surface area contributed by atoms with Crippen molar-refractivity contribution in [2.45, 2.75) is 24.7 Å². The van der Waals surface area contributed by atoms with E-state index < -0.39 is 5.92 Å². The summed E-state index contributed by atoms with van der Waals surface area (Å²) in [6.07, 6.45) is 1.26. The lowest BCUT2D eigenvalue weighted by molar-refractivity contribution is -0.0884. The van der Waals surface area contributed by atoms with Crippen LogP contribution in [0.2, 0.25) is 0 Å². The quantitative estimate of drug-likeness (QED) is 0.764. The Kier molecular flexibility index (Phi) is 4.30. The maximum absolute atomic E-state index is 13.0. The molecule has 1 fully saturated rings. The van der Waals surface area contributed by atoms with Gasteiger partial charge in [0.2, 0.25) is 5.92 Å². The SMILES string of the molecule is COCCOc1cc2cnc(C3CC(F)(F)C3)nc2cc1OC. The molecular formula is C16H18F2N2O3. The van der Waals surface area contributed by atoms with Crippen molar-refractivity contribution in [2.24, 2.45) is 0 Å². The van der Waals surface area contributed by atoms with E-state index >= 15 is 0 Å². The first-order valence-electron chi connectivity index (χ1n) is 7.36. The first-order valence-corrected chi connectivity index (χ1v) is 7.36. The Morgan fingerprint density at radius 1 is 1.17 bits per heavy atom. The zero-order chi connectivity index (χ0) is 16.4. The maximum Gasteiger partial charge on any atom is 0.249 e. The summed E-state index contributed by atoms with van der Waals surface area (Å²) >= 11 is 0. The highest BCUT2D eigenvalue weighted by Gasteiger charge is 2.47. The maximum atomic E-state index is 13.0. The van der Waals surface area contributed by atoms with Crippen LogP contribution in [0.15, 0.2) is 18.3 Å². The molecule has 23 heavy (non-hydrogen) atoms. The molecule has 2 aromatic rings. The van der Waals surface area contributed by atoms with Crippen LogP contribution >= 0.6 is 0 Å². The van der Waals surface area contributed by atoms with Crippen molar-refractivity contribution in [1.82, 2.24) is 9.97 Å². The van der Waals surface area contributed by atoms with E-state index in [1.54, 1.807) is 32.5 Å². The highest BCUT2D eigenvalue weighted by molar-refractivity contribution is 5.82. The Labute approximate surface area is 132 Å². The Morgan fingerprint density at radius 3 is 2.61 bits per heavy atom.